The number of benzene rings is 3. The number of nitrogens with zero attached hydrogens (tertiary/aromatic N) is 1. The van der Waals surface area contributed by atoms with Crippen LogP contribution in [0.25, 0.3) is 5.76 Å². The quantitative estimate of drug-likeness (QED) is 0.259. The van der Waals surface area contributed by atoms with E-state index in [0.717, 1.165) is 5.56 Å². The van der Waals surface area contributed by atoms with Crippen molar-refractivity contribution < 1.29 is 23.8 Å². The lowest BCUT2D eigenvalue weighted by atomic mass is 9.84. The summed E-state index contributed by atoms with van der Waals surface area (Å²) >= 11 is 6.16. The predicted octanol–water partition coefficient (Wildman–Crippen LogP) is 6.41. The third kappa shape index (κ3) is 4.54. The standard InChI is InChI=1S/C28H25ClFNO4/c1-28(2,3)21-14-17(10-13-22(21)35-4)25(32)23-24(16-8-11-19(30)12-9-16)31(27(34)26(23)33)20-7-5-6-18(29)15-20/h5-15,24,32H,1-4H3/b25-23-. The fourth-order valence-electron chi connectivity index (χ4n) is 4.28. The molecule has 0 radical (unpaired) electrons. The van der Waals surface area contributed by atoms with Crippen molar-refractivity contribution in [2.45, 2.75) is 32.2 Å². The molecule has 5 nitrogen and oxygen atoms in total. The van der Waals surface area contributed by atoms with E-state index in [1.165, 1.54) is 29.2 Å². The summed E-state index contributed by atoms with van der Waals surface area (Å²) in [5, 5.41) is 11.8. The molecule has 3 aromatic carbocycles. The largest absolute Gasteiger partial charge is 0.507 e. The molecule has 1 N–H and O–H groups in total. The second kappa shape index (κ2) is 9.19. The highest BCUT2D eigenvalue weighted by atomic mass is 35.5. The zero-order valence-corrected chi connectivity index (χ0v) is 20.6. The Morgan fingerprint density at radius 3 is 2.31 bits per heavy atom. The number of aliphatic hydroxyl groups excluding tert-OH is 1. The zero-order chi connectivity index (χ0) is 25.5. The summed E-state index contributed by atoms with van der Waals surface area (Å²) in [7, 11) is 1.56. The number of amides is 1. The van der Waals surface area contributed by atoms with Crippen molar-refractivity contribution in [2.75, 3.05) is 12.0 Å². The number of hydrogen-bond donors (Lipinski definition) is 1. The zero-order valence-electron chi connectivity index (χ0n) is 19.8. The molecule has 1 aliphatic heterocycles. The molecule has 0 aliphatic carbocycles. The number of ketones is 1. The average molecular weight is 494 g/mol. The predicted molar refractivity (Wildman–Crippen MR) is 134 cm³/mol. The van der Waals surface area contributed by atoms with Crippen LogP contribution in [0.5, 0.6) is 5.75 Å². The normalized spacial score (nSPS) is 17.7. The van der Waals surface area contributed by atoms with Gasteiger partial charge >= 0.3 is 0 Å². The van der Waals surface area contributed by atoms with Gasteiger partial charge in [0.05, 0.1) is 18.7 Å². The van der Waals surface area contributed by atoms with Gasteiger partial charge in [0.1, 0.15) is 17.3 Å². The van der Waals surface area contributed by atoms with E-state index in [4.69, 9.17) is 16.3 Å². The second-order valence-electron chi connectivity index (χ2n) is 9.37. The highest BCUT2D eigenvalue weighted by Crippen LogP contribution is 2.43. The number of aliphatic hydroxyl groups is 1. The van der Waals surface area contributed by atoms with Gasteiger partial charge in [-0.05, 0) is 59.5 Å². The first-order valence-corrected chi connectivity index (χ1v) is 11.4. The van der Waals surface area contributed by atoms with Crippen molar-refractivity contribution in [1.82, 2.24) is 0 Å². The van der Waals surface area contributed by atoms with Crippen LogP contribution >= 0.6 is 11.6 Å². The van der Waals surface area contributed by atoms with E-state index in [1.807, 2.05) is 20.8 Å². The lowest BCUT2D eigenvalue weighted by Gasteiger charge is -2.26. The lowest BCUT2D eigenvalue weighted by Crippen LogP contribution is -2.29. The Balaban J connectivity index is 1.96. The monoisotopic (exact) mass is 493 g/mol. The van der Waals surface area contributed by atoms with Crippen LogP contribution in [0, 0.1) is 5.82 Å². The van der Waals surface area contributed by atoms with Gasteiger partial charge < -0.3 is 9.84 Å². The fourth-order valence-corrected chi connectivity index (χ4v) is 4.47. The highest BCUT2D eigenvalue weighted by Gasteiger charge is 2.47. The third-order valence-electron chi connectivity index (χ3n) is 6.00. The summed E-state index contributed by atoms with van der Waals surface area (Å²) in [6.07, 6.45) is 0. The van der Waals surface area contributed by atoms with Gasteiger partial charge in [0.25, 0.3) is 11.7 Å². The Hall–Kier alpha value is -3.64. The van der Waals surface area contributed by atoms with Crippen molar-refractivity contribution in [3.8, 4) is 5.75 Å². The summed E-state index contributed by atoms with van der Waals surface area (Å²) in [4.78, 5) is 27.8. The van der Waals surface area contributed by atoms with Crippen LogP contribution in [-0.2, 0) is 15.0 Å². The van der Waals surface area contributed by atoms with E-state index in [2.05, 4.69) is 0 Å². The molecule has 4 rings (SSSR count). The minimum absolute atomic E-state index is 0.0911. The molecule has 1 unspecified atom stereocenters. The van der Waals surface area contributed by atoms with E-state index >= 15 is 0 Å². The maximum atomic E-state index is 13.7. The van der Waals surface area contributed by atoms with Gasteiger partial charge in [-0.25, -0.2) is 4.39 Å². The van der Waals surface area contributed by atoms with Crippen LogP contribution < -0.4 is 9.64 Å². The first-order valence-electron chi connectivity index (χ1n) is 11.0. The molecule has 1 aliphatic rings. The molecule has 0 spiro atoms. The first kappa shape index (κ1) is 24.5. The molecule has 1 saturated heterocycles. The van der Waals surface area contributed by atoms with Gasteiger partial charge in [0.2, 0.25) is 0 Å². The topological polar surface area (TPSA) is 66.8 Å². The molecule has 35 heavy (non-hydrogen) atoms. The summed E-state index contributed by atoms with van der Waals surface area (Å²) in [5.74, 6) is -1.80. The van der Waals surface area contributed by atoms with E-state index in [0.29, 0.717) is 27.6 Å². The molecule has 1 amide bonds. The summed E-state index contributed by atoms with van der Waals surface area (Å²) in [5.41, 5.74) is 1.64. The van der Waals surface area contributed by atoms with E-state index < -0.39 is 23.5 Å². The molecular formula is C28H25ClFNO4. The molecule has 3 aromatic rings. The number of carbonyl (C=O) groups excluding carboxylic acids is 2. The Morgan fingerprint density at radius 2 is 1.71 bits per heavy atom. The summed E-state index contributed by atoms with van der Waals surface area (Å²) < 4.78 is 19.2. The SMILES string of the molecule is COc1ccc(/C(O)=C2/C(=O)C(=O)N(c3cccc(Cl)c3)C2c2ccc(F)cc2)cc1C(C)(C)C. The Morgan fingerprint density at radius 1 is 1.03 bits per heavy atom. The molecule has 180 valence electrons. The second-order valence-corrected chi connectivity index (χ2v) is 9.80. The number of halogens is 2. The number of ether oxygens (including phenoxy) is 1. The minimum Gasteiger partial charge on any atom is -0.507 e. The summed E-state index contributed by atoms with van der Waals surface area (Å²) in [6.45, 7) is 6.02. The van der Waals surface area contributed by atoms with Crippen molar-refractivity contribution >= 4 is 34.7 Å². The number of anilines is 1. The molecule has 1 fully saturated rings. The van der Waals surface area contributed by atoms with Crippen molar-refractivity contribution in [1.29, 1.82) is 0 Å². The molecule has 1 atom stereocenters. The highest BCUT2D eigenvalue weighted by molar-refractivity contribution is 6.51. The smallest absolute Gasteiger partial charge is 0.300 e. The van der Waals surface area contributed by atoms with Gasteiger partial charge in [-0.2, -0.15) is 0 Å². The number of Topliss-reactive ketones (excluding diaryl/α,β-unsaturated/α-hetero) is 1. The van der Waals surface area contributed by atoms with Gasteiger partial charge in [-0.15, -0.1) is 0 Å². The van der Waals surface area contributed by atoms with Crippen molar-refractivity contribution in [2.24, 2.45) is 0 Å². The third-order valence-corrected chi connectivity index (χ3v) is 6.23. The van der Waals surface area contributed by atoms with Crippen LogP contribution in [0.3, 0.4) is 0 Å². The molecule has 7 heteroatoms. The van der Waals surface area contributed by atoms with Gasteiger partial charge in [-0.1, -0.05) is 50.6 Å². The Kier molecular flexibility index (Phi) is 6.43. The molecular weight excluding hydrogens is 469 g/mol. The molecule has 0 saturated carbocycles. The van der Waals surface area contributed by atoms with Crippen LogP contribution in [0.1, 0.15) is 43.5 Å². The van der Waals surface area contributed by atoms with E-state index in [9.17, 15) is 19.1 Å². The van der Waals surface area contributed by atoms with Gasteiger partial charge in [0, 0.05) is 21.8 Å². The molecule has 0 aromatic heterocycles. The van der Waals surface area contributed by atoms with Crippen molar-refractivity contribution in [3.05, 3.63) is 99.8 Å². The van der Waals surface area contributed by atoms with Gasteiger partial charge in [-0.3, -0.25) is 14.5 Å². The maximum absolute atomic E-state index is 13.7. The number of rotatable bonds is 4. The van der Waals surface area contributed by atoms with Gasteiger partial charge in [0.15, 0.2) is 0 Å². The van der Waals surface area contributed by atoms with E-state index in [1.54, 1.807) is 49.6 Å². The average Bonchev–Trinajstić information content (AvgIpc) is 3.08. The number of hydrogen-bond acceptors (Lipinski definition) is 4. The lowest BCUT2D eigenvalue weighted by molar-refractivity contribution is -0.132. The molecule has 1 heterocycles. The summed E-state index contributed by atoms with van der Waals surface area (Å²) in [6, 6.07) is 16.1. The Labute approximate surface area is 208 Å². The van der Waals surface area contributed by atoms with Crippen LogP contribution in [0.15, 0.2) is 72.3 Å². The van der Waals surface area contributed by atoms with Crippen molar-refractivity contribution in [3.63, 3.8) is 0 Å². The van der Waals surface area contributed by atoms with Crippen LogP contribution in [0.2, 0.25) is 5.02 Å². The molecule has 0 bridgehead atoms. The maximum Gasteiger partial charge on any atom is 0.300 e. The van der Waals surface area contributed by atoms with Crippen LogP contribution in [0.4, 0.5) is 10.1 Å². The van der Waals surface area contributed by atoms with E-state index in [-0.39, 0.29) is 16.7 Å². The number of carbonyl (C=O) groups is 2. The first-order chi connectivity index (χ1) is 16.5. The van der Waals surface area contributed by atoms with Crippen LogP contribution in [-0.4, -0.2) is 23.9 Å². The minimum atomic E-state index is -0.978. The Bertz CT molecular complexity index is 1340. The number of methoxy groups -OCH3 is 1. The fraction of sp³-hybridized carbons (Fsp3) is 0.214.